The number of nitrogens with two attached hydrogens (primary N) is 1. The number of rotatable bonds is 6. The molecule has 1 amide bonds. The van der Waals surface area contributed by atoms with Crippen molar-refractivity contribution in [3.63, 3.8) is 0 Å². The summed E-state index contributed by atoms with van der Waals surface area (Å²) in [6.45, 7) is 7.47. The van der Waals surface area contributed by atoms with Crippen LogP contribution in [-0.4, -0.2) is 68.1 Å². The van der Waals surface area contributed by atoms with Crippen molar-refractivity contribution in [3.8, 4) is 0 Å². The summed E-state index contributed by atoms with van der Waals surface area (Å²) >= 11 is 0. The molecule has 0 aromatic heterocycles. The standard InChI is InChI=1S/C14H30N4O/c1-11(2)13(17(3)4)9-16-14(19)10-18-7-5-12(15)6-8-18/h11-13H,5-10,15H2,1-4H3,(H,16,19). The fourth-order valence-corrected chi connectivity index (χ4v) is 2.60. The van der Waals surface area contributed by atoms with Crippen molar-refractivity contribution in [3.05, 3.63) is 0 Å². The van der Waals surface area contributed by atoms with Crippen LogP contribution in [0.4, 0.5) is 0 Å². The predicted molar refractivity (Wildman–Crippen MR) is 79.0 cm³/mol. The highest BCUT2D eigenvalue weighted by atomic mass is 16.2. The molecule has 1 atom stereocenters. The lowest BCUT2D eigenvalue weighted by molar-refractivity contribution is -0.122. The molecule has 0 radical (unpaired) electrons. The average Bonchev–Trinajstić information content (AvgIpc) is 2.31. The molecule has 1 saturated heterocycles. The first kappa shape index (κ1) is 16.4. The van der Waals surface area contributed by atoms with Gasteiger partial charge in [-0.05, 0) is 32.9 Å². The van der Waals surface area contributed by atoms with Crippen LogP contribution in [0.15, 0.2) is 0 Å². The molecule has 0 saturated carbocycles. The zero-order valence-corrected chi connectivity index (χ0v) is 12.9. The lowest BCUT2D eigenvalue weighted by Crippen LogP contribution is -2.48. The highest BCUT2D eigenvalue weighted by molar-refractivity contribution is 5.78. The number of hydrogen-bond acceptors (Lipinski definition) is 4. The van der Waals surface area contributed by atoms with Crippen molar-refractivity contribution >= 4 is 5.91 Å². The van der Waals surface area contributed by atoms with E-state index in [0.717, 1.165) is 32.5 Å². The quantitative estimate of drug-likeness (QED) is 0.719. The van der Waals surface area contributed by atoms with E-state index < -0.39 is 0 Å². The molecule has 5 nitrogen and oxygen atoms in total. The smallest absolute Gasteiger partial charge is 0.234 e. The van der Waals surface area contributed by atoms with Gasteiger partial charge in [0.2, 0.25) is 5.91 Å². The molecule has 1 aliphatic heterocycles. The maximum Gasteiger partial charge on any atom is 0.234 e. The van der Waals surface area contributed by atoms with Gasteiger partial charge >= 0.3 is 0 Å². The summed E-state index contributed by atoms with van der Waals surface area (Å²) in [5.74, 6) is 0.659. The van der Waals surface area contributed by atoms with Gasteiger partial charge in [-0.25, -0.2) is 0 Å². The number of nitrogens with zero attached hydrogens (tertiary/aromatic N) is 2. The molecule has 1 aliphatic rings. The number of likely N-dealkylation sites (N-methyl/N-ethyl adjacent to an activating group) is 1. The predicted octanol–water partition coefficient (Wildman–Crippen LogP) is 0.112. The van der Waals surface area contributed by atoms with E-state index in [4.69, 9.17) is 5.73 Å². The zero-order valence-electron chi connectivity index (χ0n) is 12.9. The number of nitrogens with one attached hydrogen (secondary N) is 1. The first-order valence-electron chi connectivity index (χ1n) is 7.31. The first-order chi connectivity index (χ1) is 8.90. The third-order valence-electron chi connectivity index (χ3n) is 3.94. The van der Waals surface area contributed by atoms with Gasteiger partial charge in [-0.2, -0.15) is 0 Å². The summed E-state index contributed by atoms with van der Waals surface area (Å²) in [7, 11) is 4.12. The number of carbonyl (C=O) groups is 1. The molecule has 0 bridgehead atoms. The number of likely N-dealkylation sites (tertiary alicyclic amines) is 1. The molecular weight excluding hydrogens is 240 g/mol. The van der Waals surface area contributed by atoms with Crippen molar-refractivity contribution in [2.75, 3.05) is 40.3 Å². The van der Waals surface area contributed by atoms with Crippen LogP contribution >= 0.6 is 0 Å². The highest BCUT2D eigenvalue weighted by Crippen LogP contribution is 2.08. The Balaban J connectivity index is 2.27. The summed E-state index contributed by atoms with van der Waals surface area (Å²) in [4.78, 5) is 16.3. The number of carbonyl (C=O) groups excluding carboxylic acids is 1. The number of amides is 1. The SMILES string of the molecule is CC(C)C(CNC(=O)CN1CCC(N)CC1)N(C)C. The first-order valence-corrected chi connectivity index (χ1v) is 7.31. The third kappa shape index (κ3) is 5.89. The Bertz CT molecular complexity index is 265. The molecule has 3 N–H and O–H groups in total. The van der Waals surface area contributed by atoms with E-state index >= 15 is 0 Å². The fraction of sp³-hybridized carbons (Fsp3) is 0.929. The molecule has 1 unspecified atom stereocenters. The highest BCUT2D eigenvalue weighted by Gasteiger charge is 2.20. The molecule has 5 heteroatoms. The van der Waals surface area contributed by atoms with E-state index in [1.165, 1.54) is 0 Å². The normalized spacial score (nSPS) is 19.9. The van der Waals surface area contributed by atoms with Gasteiger partial charge in [0.15, 0.2) is 0 Å². The van der Waals surface area contributed by atoms with E-state index in [-0.39, 0.29) is 5.91 Å². The molecule has 0 spiro atoms. The summed E-state index contributed by atoms with van der Waals surface area (Å²) in [5, 5.41) is 3.05. The van der Waals surface area contributed by atoms with E-state index in [1.54, 1.807) is 0 Å². The maximum atomic E-state index is 11.9. The Labute approximate surface area is 117 Å². The van der Waals surface area contributed by atoms with Crippen LogP contribution in [0.5, 0.6) is 0 Å². The molecule has 0 aromatic rings. The number of hydrogen-bond donors (Lipinski definition) is 2. The Morgan fingerprint density at radius 1 is 1.37 bits per heavy atom. The van der Waals surface area contributed by atoms with Gasteiger partial charge in [-0.1, -0.05) is 13.8 Å². The summed E-state index contributed by atoms with van der Waals surface area (Å²) < 4.78 is 0. The lowest BCUT2D eigenvalue weighted by Gasteiger charge is -2.31. The lowest BCUT2D eigenvalue weighted by atomic mass is 10.0. The minimum absolute atomic E-state index is 0.128. The molecule has 1 rings (SSSR count). The van der Waals surface area contributed by atoms with Crippen LogP contribution in [0.25, 0.3) is 0 Å². The van der Waals surface area contributed by atoms with Crippen LogP contribution < -0.4 is 11.1 Å². The summed E-state index contributed by atoms with van der Waals surface area (Å²) in [5.41, 5.74) is 5.86. The Morgan fingerprint density at radius 2 is 1.95 bits per heavy atom. The van der Waals surface area contributed by atoms with E-state index in [0.29, 0.717) is 24.5 Å². The number of piperidine rings is 1. The summed E-state index contributed by atoms with van der Waals surface area (Å²) in [6, 6.07) is 0.706. The monoisotopic (exact) mass is 270 g/mol. The van der Waals surface area contributed by atoms with Gasteiger partial charge in [0.05, 0.1) is 6.54 Å². The van der Waals surface area contributed by atoms with Gasteiger partial charge in [-0.15, -0.1) is 0 Å². The van der Waals surface area contributed by atoms with Gasteiger partial charge in [-0.3, -0.25) is 9.69 Å². The van der Waals surface area contributed by atoms with Gasteiger partial charge in [0.1, 0.15) is 0 Å². The van der Waals surface area contributed by atoms with Crippen LogP contribution in [0.3, 0.4) is 0 Å². The zero-order chi connectivity index (χ0) is 14.4. The van der Waals surface area contributed by atoms with Gasteiger partial charge < -0.3 is 16.0 Å². The maximum absolute atomic E-state index is 11.9. The van der Waals surface area contributed by atoms with Crippen LogP contribution in [0.1, 0.15) is 26.7 Å². The van der Waals surface area contributed by atoms with Crippen molar-refractivity contribution in [2.45, 2.75) is 38.8 Å². The second kappa shape index (κ2) is 7.82. The van der Waals surface area contributed by atoms with Crippen molar-refractivity contribution < 1.29 is 4.79 Å². The van der Waals surface area contributed by atoms with Crippen LogP contribution in [-0.2, 0) is 4.79 Å². The van der Waals surface area contributed by atoms with Crippen molar-refractivity contribution in [2.24, 2.45) is 11.7 Å². The molecule has 0 aliphatic carbocycles. The Hall–Kier alpha value is -0.650. The fourth-order valence-electron chi connectivity index (χ4n) is 2.60. The summed E-state index contributed by atoms with van der Waals surface area (Å²) in [6.07, 6.45) is 2.00. The average molecular weight is 270 g/mol. The molecule has 19 heavy (non-hydrogen) atoms. The second-order valence-electron chi connectivity index (χ2n) is 6.19. The van der Waals surface area contributed by atoms with Crippen molar-refractivity contribution in [1.29, 1.82) is 0 Å². The Kier molecular flexibility index (Phi) is 6.75. The van der Waals surface area contributed by atoms with Crippen LogP contribution in [0.2, 0.25) is 0 Å². The minimum atomic E-state index is 0.128. The second-order valence-corrected chi connectivity index (χ2v) is 6.19. The molecule has 112 valence electrons. The molecular formula is C14H30N4O. The Morgan fingerprint density at radius 3 is 2.42 bits per heavy atom. The van der Waals surface area contributed by atoms with Gasteiger partial charge in [0, 0.05) is 31.7 Å². The largest absolute Gasteiger partial charge is 0.353 e. The molecule has 1 heterocycles. The third-order valence-corrected chi connectivity index (χ3v) is 3.94. The minimum Gasteiger partial charge on any atom is -0.353 e. The van der Waals surface area contributed by atoms with E-state index in [1.807, 2.05) is 0 Å². The van der Waals surface area contributed by atoms with Crippen molar-refractivity contribution in [1.82, 2.24) is 15.1 Å². The van der Waals surface area contributed by atoms with E-state index in [2.05, 4.69) is 43.1 Å². The van der Waals surface area contributed by atoms with Gasteiger partial charge in [0.25, 0.3) is 0 Å². The molecule has 0 aromatic carbocycles. The van der Waals surface area contributed by atoms with E-state index in [9.17, 15) is 4.79 Å². The van der Waals surface area contributed by atoms with Crippen LogP contribution in [0, 0.1) is 5.92 Å². The molecule has 1 fully saturated rings. The topological polar surface area (TPSA) is 61.6 Å².